The first-order chi connectivity index (χ1) is 9.22. The van der Waals surface area contributed by atoms with Gasteiger partial charge >= 0.3 is 0 Å². The van der Waals surface area contributed by atoms with E-state index >= 15 is 0 Å². The van der Waals surface area contributed by atoms with Crippen molar-refractivity contribution in [2.24, 2.45) is 0 Å². The second-order valence-corrected chi connectivity index (χ2v) is 5.36. The van der Waals surface area contributed by atoms with Crippen molar-refractivity contribution in [3.63, 3.8) is 0 Å². The highest BCUT2D eigenvalue weighted by atomic mass is 15.3. The Hall–Kier alpha value is -1.46. The van der Waals surface area contributed by atoms with E-state index in [0.29, 0.717) is 0 Å². The quantitative estimate of drug-likeness (QED) is 0.604. The lowest BCUT2D eigenvalue weighted by atomic mass is 10.1. The third-order valence-electron chi connectivity index (χ3n) is 4.08. The van der Waals surface area contributed by atoms with Gasteiger partial charge in [0, 0.05) is 38.3 Å². The van der Waals surface area contributed by atoms with Crippen LogP contribution >= 0.6 is 0 Å². The van der Waals surface area contributed by atoms with Crippen LogP contribution in [0, 0.1) is 26.2 Å². The van der Waals surface area contributed by atoms with Gasteiger partial charge in [-0.1, -0.05) is 12.1 Å². The van der Waals surface area contributed by atoms with Crippen molar-refractivity contribution in [3.05, 3.63) is 29.3 Å². The molecule has 0 unspecified atom stereocenters. The zero-order valence-electron chi connectivity index (χ0n) is 12.2. The lowest BCUT2D eigenvalue weighted by molar-refractivity contribution is 0.256. The molecule has 1 aromatic rings. The summed E-state index contributed by atoms with van der Waals surface area (Å²) in [6, 6.07) is 6.60. The summed E-state index contributed by atoms with van der Waals surface area (Å²) in [4.78, 5) is 5.04. The lowest BCUT2D eigenvalue weighted by Gasteiger charge is -2.37. The molecule has 1 aliphatic rings. The molecule has 102 valence electrons. The summed E-state index contributed by atoms with van der Waals surface area (Å²) >= 11 is 0. The number of piperazine rings is 1. The molecule has 0 N–H and O–H groups in total. The molecule has 0 atom stereocenters. The lowest BCUT2D eigenvalue weighted by Crippen LogP contribution is -2.46. The molecule has 0 bridgehead atoms. The van der Waals surface area contributed by atoms with Crippen molar-refractivity contribution >= 4 is 5.69 Å². The topological polar surface area (TPSA) is 6.48 Å². The Morgan fingerprint density at radius 1 is 1.16 bits per heavy atom. The number of aryl methyl sites for hydroxylation is 1. The number of anilines is 1. The van der Waals surface area contributed by atoms with E-state index < -0.39 is 0 Å². The Morgan fingerprint density at radius 2 is 1.89 bits per heavy atom. The third kappa shape index (κ3) is 3.52. The third-order valence-corrected chi connectivity index (χ3v) is 4.08. The number of unbranched alkanes of at least 4 members (excludes halogenated alkanes) is 1. The fourth-order valence-electron chi connectivity index (χ4n) is 2.70. The van der Waals surface area contributed by atoms with Crippen molar-refractivity contribution in [2.75, 3.05) is 37.6 Å². The maximum Gasteiger partial charge on any atom is 0.0399 e. The Morgan fingerprint density at radius 3 is 2.58 bits per heavy atom. The predicted octanol–water partition coefficient (Wildman–Crippen LogP) is 2.84. The van der Waals surface area contributed by atoms with E-state index in [9.17, 15) is 0 Å². The van der Waals surface area contributed by atoms with Crippen molar-refractivity contribution in [3.8, 4) is 12.3 Å². The molecule has 0 spiro atoms. The first-order valence-electron chi connectivity index (χ1n) is 7.19. The summed E-state index contributed by atoms with van der Waals surface area (Å²) in [5, 5.41) is 0. The van der Waals surface area contributed by atoms with Crippen LogP contribution in [0.25, 0.3) is 0 Å². The Kier molecular flexibility index (Phi) is 4.87. The van der Waals surface area contributed by atoms with E-state index in [-0.39, 0.29) is 0 Å². The molecule has 1 aromatic carbocycles. The summed E-state index contributed by atoms with van der Waals surface area (Å²) in [5.41, 5.74) is 4.21. The monoisotopic (exact) mass is 256 g/mol. The van der Waals surface area contributed by atoms with Crippen molar-refractivity contribution in [1.82, 2.24) is 4.90 Å². The molecule has 0 aromatic heterocycles. The summed E-state index contributed by atoms with van der Waals surface area (Å²) in [7, 11) is 0. The Labute approximate surface area is 117 Å². The minimum Gasteiger partial charge on any atom is -0.369 e. The standard InChI is InChI=1S/C17H24N2/c1-4-5-6-10-18-11-13-19(14-12-18)17-9-7-8-15(2)16(17)3/h1,7-9H,5-6,10-14H2,2-3H3. The second-order valence-electron chi connectivity index (χ2n) is 5.36. The van der Waals surface area contributed by atoms with E-state index in [1.807, 2.05) is 0 Å². The molecule has 2 nitrogen and oxygen atoms in total. The molecule has 0 aliphatic carbocycles. The van der Waals surface area contributed by atoms with Gasteiger partial charge in [-0.3, -0.25) is 4.90 Å². The average molecular weight is 256 g/mol. The minimum absolute atomic E-state index is 0.900. The van der Waals surface area contributed by atoms with Crippen LogP contribution in [0.2, 0.25) is 0 Å². The number of hydrogen-bond donors (Lipinski definition) is 0. The van der Waals surface area contributed by atoms with Gasteiger partial charge < -0.3 is 4.90 Å². The van der Waals surface area contributed by atoms with Crippen LogP contribution in [0.3, 0.4) is 0 Å². The van der Waals surface area contributed by atoms with Crippen LogP contribution in [0.15, 0.2) is 18.2 Å². The summed E-state index contributed by atoms with van der Waals surface area (Å²) < 4.78 is 0. The number of terminal acetylenes is 1. The highest BCUT2D eigenvalue weighted by Crippen LogP contribution is 2.23. The summed E-state index contributed by atoms with van der Waals surface area (Å²) in [5.74, 6) is 2.72. The van der Waals surface area contributed by atoms with Gasteiger partial charge in [0.25, 0.3) is 0 Å². The van der Waals surface area contributed by atoms with Gasteiger partial charge in [0.1, 0.15) is 0 Å². The SMILES string of the molecule is C#CCCCN1CCN(c2cccc(C)c2C)CC1. The van der Waals surface area contributed by atoms with Crippen LogP contribution in [0.1, 0.15) is 24.0 Å². The van der Waals surface area contributed by atoms with Gasteiger partial charge in [0.2, 0.25) is 0 Å². The molecule has 19 heavy (non-hydrogen) atoms. The highest BCUT2D eigenvalue weighted by Gasteiger charge is 2.18. The Bertz CT molecular complexity index is 451. The zero-order chi connectivity index (χ0) is 13.7. The fourth-order valence-corrected chi connectivity index (χ4v) is 2.70. The van der Waals surface area contributed by atoms with Gasteiger partial charge in [0.15, 0.2) is 0 Å². The van der Waals surface area contributed by atoms with E-state index in [4.69, 9.17) is 6.42 Å². The van der Waals surface area contributed by atoms with Crippen LogP contribution in [0.5, 0.6) is 0 Å². The highest BCUT2D eigenvalue weighted by molar-refractivity contribution is 5.56. The first kappa shape index (κ1) is 14.0. The van der Waals surface area contributed by atoms with E-state index in [0.717, 1.165) is 45.6 Å². The van der Waals surface area contributed by atoms with Crippen LogP contribution in [0.4, 0.5) is 5.69 Å². The fraction of sp³-hybridized carbons (Fsp3) is 0.529. The molecule has 1 fully saturated rings. The maximum absolute atomic E-state index is 5.30. The smallest absolute Gasteiger partial charge is 0.0399 e. The predicted molar refractivity (Wildman–Crippen MR) is 82.6 cm³/mol. The van der Waals surface area contributed by atoms with Crippen molar-refractivity contribution in [2.45, 2.75) is 26.7 Å². The average Bonchev–Trinajstić information content (AvgIpc) is 2.43. The first-order valence-corrected chi connectivity index (χ1v) is 7.19. The number of hydrogen-bond acceptors (Lipinski definition) is 2. The van der Waals surface area contributed by atoms with Gasteiger partial charge in [0.05, 0.1) is 0 Å². The van der Waals surface area contributed by atoms with Crippen LogP contribution < -0.4 is 4.90 Å². The van der Waals surface area contributed by atoms with Crippen molar-refractivity contribution in [1.29, 1.82) is 0 Å². The Balaban J connectivity index is 1.89. The summed E-state index contributed by atoms with van der Waals surface area (Å²) in [6.07, 6.45) is 7.32. The van der Waals surface area contributed by atoms with Gasteiger partial charge in [-0.15, -0.1) is 12.3 Å². The van der Waals surface area contributed by atoms with E-state index in [1.54, 1.807) is 0 Å². The molecule has 2 heteroatoms. The van der Waals surface area contributed by atoms with E-state index in [2.05, 4.69) is 47.8 Å². The van der Waals surface area contributed by atoms with E-state index in [1.165, 1.54) is 16.8 Å². The molecule has 1 heterocycles. The number of rotatable bonds is 4. The van der Waals surface area contributed by atoms with Crippen LogP contribution in [-0.4, -0.2) is 37.6 Å². The molecule has 1 saturated heterocycles. The van der Waals surface area contributed by atoms with Gasteiger partial charge in [-0.25, -0.2) is 0 Å². The maximum atomic E-state index is 5.30. The molecule has 1 aliphatic heterocycles. The molecular formula is C17H24N2. The van der Waals surface area contributed by atoms with Gasteiger partial charge in [-0.2, -0.15) is 0 Å². The number of nitrogens with zero attached hydrogens (tertiary/aromatic N) is 2. The largest absolute Gasteiger partial charge is 0.369 e. The molecule has 0 amide bonds. The van der Waals surface area contributed by atoms with Crippen LogP contribution in [-0.2, 0) is 0 Å². The number of benzene rings is 1. The normalized spacial score (nSPS) is 16.4. The molecule has 2 rings (SSSR count). The molecule has 0 saturated carbocycles. The van der Waals surface area contributed by atoms with Crippen molar-refractivity contribution < 1.29 is 0 Å². The zero-order valence-corrected chi connectivity index (χ0v) is 12.2. The summed E-state index contributed by atoms with van der Waals surface area (Å²) in [6.45, 7) is 10.1. The minimum atomic E-state index is 0.900. The molecular weight excluding hydrogens is 232 g/mol. The van der Waals surface area contributed by atoms with Gasteiger partial charge in [-0.05, 0) is 44.0 Å². The second kappa shape index (κ2) is 6.63. The molecule has 0 radical (unpaired) electrons.